The first-order chi connectivity index (χ1) is 13.1. The highest BCUT2D eigenvalue weighted by atomic mass is 32.1. The summed E-state index contributed by atoms with van der Waals surface area (Å²) in [6, 6.07) is 16.1. The lowest BCUT2D eigenvalue weighted by Gasteiger charge is -2.25. The van der Waals surface area contributed by atoms with E-state index >= 15 is 0 Å². The number of rotatable bonds is 5. The molecule has 0 bridgehead atoms. The molecule has 0 spiro atoms. The highest BCUT2D eigenvalue weighted by Gasteiger charge is 2.39. The molecule has 27 heavy (non-hydrogen) atoms. The van der Waals surface area contributed by atoms with Crippen LogP contribution in [0.4, 0.5) is 9.52 Å². The Labute approximate surface area is 160 Å². The lowest BCUT2D eigenvalue weighted by Crippen LogP contribution is -2.29. The van der Waals surface area contributed by atoms with Crippen LogP contribution in [0.3, 0.4) is 0 Å². The van der Waals surface area contributed by atoms with Gasteiger partial charge in [-0.1, -0.05) is 53.8 Å². The zero-order chi connectivity index (χ0) is 18.8. The average Bonchev–Trinajstić information content (AvgIpc) is 3.21. The number of amides is 1. The van der Waals surface area contributed by atoms with Gasteiger partial charge in [0.25, 0.3) is 0 Å². The van der Waals surface area contributed by atoms with Crippen LogP contribution >= 0.6 is 11.3 Å². The second-order valence-corrected chi connectivity index (χ2v) is 7.68. The molecule has 1 aromatic heterocycles. The van der Waals surface area contributed by atoms with Crippen LogP contribution in [0.2, 0.25) is 0 Å². The van der Waals surface area contributed by atoms with Crippen molar-refractivity contribution in [2.45, 2.75) is 24.9 Å². The molecule has 1 aliphatic rings. The van der Waals surface area contributed by atoms with Crippen LogP contribution in [-0.4, -0.2) is 34.1 Å². The van der Waals surface area contributed by atoms with Crippen molar-refractivity contribution in [3.8, 4) is 0 Å². The number of halogens is 1. The first kappa shape index (κ1) is 17.6. The van der Waals surface area contributed by atoms with Crippen molar-refractivity contribution in [3.05, 3.63) is 76.5 Å². The van der Waals surface area contributed by atoms with Crippen molar-refractivity contribution in [2.75, 3.05) is 12.4 Å². The second kappa shape index (κ2) is 7.44. The normalized spacial score (nSPS) is 19.5. The molecule has 0 aliphatic carbocycles. The van der Waals surface area contributed by atoms with Gasteiger partial charge in [0.1, 0.15) is 10.8 Å². The number of carbonyl (C=O) groups excluding carboxylic acids is 1. The van der Waals surface area contributed by atoms with Gasteiger partial charge in [0.15, 0.2) is 0 Å². The quantitative estimate of drug-likeness (QED) is 0.732. The number of benzene rings is 2. The standard InChI is InChI=1S/C20H19FN4OS/c1-25-18(26)12-16(19(25)14-7-9-15(21)10-8-14)22-20-24-23-17(27-20)11-13-5-3-2-4-6-13/h2-10,16,19H,11-12H2,1H3,(H,22,24). The summed E-state index contributed by atoms with van der Waals surface area (Å²) in [5, 5.41) is 13.5. The summed E-state index contributed by atoms with van der Waals surface area (Å²) in [6.07, 6.45) is 1.09. The maximum absolute atomic E-state index is 13.3. The van der Waals surface area contributed by atoms with Gasteiger partial charge in [-0.2, -0.15) is 0 Å². The van der Waals surface area contributed by atoms with E-state index in [1.807, 2.05) is 18.2 Å². The molecule has 1 fully saturated rings. The molecule has 2 aromatic carbocycles. The van der Waals surface area contributed by atoms with Gasteiger partial charge in [-0.3, -0.25) is 4.79 Å². The van der Waals surface area contributed by atoms with Gasteiger partial charge < -0.3 is 10.2 Å². The Morgan fingerprint density at radius 1 is 1.15 bits per heavy atom. The number of hydrogen-bond acceptors (Lipinski definition) is 5. The lowest BCUT2D eigenvalue weighted by atomic mass is 10.0. The molecule has 2 atom stereocenters. The van der Waals surface area contributed by atoms with Gasteiger partial charge in [0.05, 0.1) is 12.1 Å². The molecule has 4 rings (SSSR count). The Kier molecular flexibility index (Phi) is 4.85. The Bertz CT molecular complexity index is 929. The molecule has 1 N–H and O–H groups in total. The minimum Gasteiger partial charge on any atom is -0.354 e. The first-order valence-electron chi connectivity index (χ1n) is 8.74. The van der Waals surface area contributed by atoms with Crippen LogP contribution in [-0.2, 0) is 11.2 Å². The molecule has 3 aromatic rings. The fourth-order valence-electron chi connectivity index (χ4n) is 3.43. The minimum absolute atomic E-state index is 0.0517. The molecule has 2 unspecified atom stereocenters. The van der Waals surface area contributed by atoms with Crippen molar-refractivity contribution in [1.29, 1.82) is 0 Å². The molecule has 5 nitrogen and oxygen atoms in total. The molecule has 1 amide bonds. The van der Waals surface area contributed by atoms with Crippen molar-refractivity contribution in [1.82, 2.24) is 15.1 Å². The molecular formula is C20H19FN4OS. The third-order valence-electron chi connectivity index (χ3n) is 4.77. The molecule has 1 saturated heterocycles. The molecule has 7 heteroatoms. The molecule has 1 aliphatic heterocycles. The average molecular weight is 382 g/mol. The zero-order valence-corrected chi connectivity index (χ0v) is 15.6. The molecule has 0 radical (unpaired) electrons. The van der Waals surface area contributed by atoms with E-state index in [4.69, 9.17) is 0 Å². The van der Waals surface area contributed by atoms with Crippen LogP contribution in [0.15, 0.2) is 54.6 Å². The van der Waals surface area contributed by atoms with Crippen LogP contribution in [0.25, 0.3) is 0 Å². The van der Waals surface area contributed by atoms with E-state index < -0.39 is 0 Å². The number of aromatic nitrogens is 2. The van der Waals surface area contributed by atoms with Crippen LogP contribution in [0, 0.1) is 5.82 Å². The highest BCUT2D eigenvalue weighted by Crippen LogP contribution is 2.34. The monoisotopic (exact) mass is 382 g/mol. The largest absolute Gasteiger partial charge is 0.354 e. The summed E-state index contributed by atoms with van der Waals surface area (Å²) in [6.45, 7) is 0. The third-order valence-corrected chi connectivity index (χ3v) is 5.63. The number of hydrogen-bond donors (Lipinski definition) is 1. The van der Waals surface area contributed by atoms with E-state index in [-0.39, 0.29) is 23.8 Å². The van der Waals surface area contributed by atoms with E-state index in [1.165, 1.54) is 29.0 Å². The molecular weight excluding hydrogens is 363 g/mol. The first-order valence-corrected chi connectivity index (χ1v) is 9.56. The lowest BCUT2D eigenvalue weighted by molar-refractivity contribution is -0.127. The summed E-state index contributed by atoms with van der Waals surface area (Å²) in [4.78, 5) is 14.0. The van der Waals surface area contributed by atoms with Crippen molar-refractivity contribution in [2.24, 2.45) is 0 Å². The minimum atomic E-state index is -0.287. The Morgan fingerprint density at radius 2 is 1.89 bits per heavy atom. The van der Waals surface area contributed by atoms with Crippen molar-refractivity contribution in [3.63, 3.8) is 0 Å². The fraction of sp³-hybridized carbons (Fsp3) is 0.250. The maximum Gasteiger partial charge on any atom is 0.225 e. The topological polar surface area (TPSA) is 58.1 Å². The molecule has 138 valence electrons. The van der Waals surface area contributed by atoms with Gasteiger partial charge in [-0.25, -0.2) is 4.39 Å². The number of carbonyl (C=O) groups is 1. The Morgan fingerprint density at radius 3 is 2.63 bits per heavy atom. The Hall–Kier alpha value is -2.80. The molecule has 0 saturated carbocycles. The van der Waals surface area contributed by atoms with E-state index in [2.05, 4.69) is 27.6 Å². The van der Waals surface area contributed by atoms with Crippen LogP contribution in [0.5, 0.6) is 0 Å². The van der Waals surface area contributed by atoms with Crippen molar-refractivity contribution >= 4 is 22.4 Å². The van der Waals surface area contributed by atoms with E-state index in [1.54, 1.807) is 24.1 Å². The summed E-state index contributed by atoms with van der Waals surface area (Å²) in [7, 11) is 1.78. The van der Waals surface area contributed by atoms with Crippen LogP contribution in [0.1, 0.15) is 28.6 Å². The van der Waals surface area contributed by atoms with Gasteiger partial charge in [0.2, 0.25) is 11.0 Å². The van der Waals surface area contributed by atoms with E-state index in [0.29, 0.717) is 11.6 Å². The zero-order valence-electron chi connectivity index (χ0n) is 14.8. The van der Waals surface area contributed by atoms with Crippen molar-refractivity contribution < 1.29 is 9.18 Å². The summed E-state index contributed by atoms with van der Waals surface area (Å²) in [5.41, 5.74) is 2.08. The summed E-state index contributed by atoms with van der Waals surface area (Å²) >= 11 is 1.49. The number of likely N-dealkylation sites (N-methyl/N-ethyl adjacent to an activating group) is 1. The van der Waals surface area contributed by atoms with Gasteiger partial charge in [-0.15, -0.1) is 10.2 Å². The van der Waals surface area contributed by atoms with E-state index in [0.717, 1.165) is 17.0 Å². The summed E-state index contributed by atoms with van der Waals surface area (Å²) < 4.78 is 13.3. The predicted octanol–water partition coefficient (Wildman–Crippen LogP) is 3.65. The maximum atomic E-state index is 13.3. The van der Waals surface area contributed by atoms with Gasteiger partial charge in [0, 0.05) is 19.9 Å². The summed E-state index contributed by atoms with van der Waals surface area (Å²) in [5.74, 6) is -0.235. The Balaban J connectivity index is 1.50. The number of nitrogens with one attached hydrogen (secondary N) is 1. The number of anilines is 1. The van der Waals surface area contributed by atoms with Gasteiger partial charge in [-0.05, 0) is 23.3 Å². The highest BCUT2D eigenvalue weighted by molar-refractivity contribution is 7.15. The number of nitrogens with zero attached hydrogens (tertiary/aromatic N) is 3. The fourth-order valence-corrected chi connectivity index (χ4v) is 4.26. The van der Waals surface area contributed by atoms with Crippen LogP contribution < -0.4 is 5.32 Å². The van der Waals surface area contributed by atoms with E-state index in [9.17, 15) is 9.18 Å². The molecule has 2 heterocycles. The number of likely N-dealkylation sites (tertiary alicyclic amines) is 1. The third kappa shape index (κ3) is 3.83. The van der Waals surface area contributed by atoms with Gasteiger partial charge >= 0.3 is 0 Å². The smallest absolute Gasteiger partial charge is 0.225 e. The SMILES string of the molecule is CN1C(=O)CC(Nc2nnc(Cc3ccccc3)s2)C1c1ccc(F)cc1. The second-order valence-electron chi connectivity index (χ2n) is 6.62. The predicted molar refractivity (Wildman–Crippen MR) is 103 cm³/mol.